The number of carboxylic acids is 1. The molecule has 5 nitrogen and oxygen atoms in total. The largest absolute Gasteiger partial charge is 0.480 e. The molecule has 2 atom stereocenters. The lowest BCUT2D eigenvalue weighted by Gasteiger charge is -2.19. The molecule has 1 amide bonds. The van der Waals surface area contributed by atoms with E-state index in [1.54, 1.807) is 6.92 Å². The zero-order chi connectivity index (χ0) is 13.0. The van der Waals surface area contributed by atoms with Gasteiger partial charge in [-0.2, -0.15) is 0 Å². The van der Waals surface area contributed by atoms with Crippen molar-refractivity contribution in [1.82, 2.24) is 5.32 Å². The fraction of sp³-hybridized carbons (Fsp3) is 0.455. The molecule has 0 aliphatic carbocycles. The van der Waals surface area contributed by atoms with Gasteiger partial charge in [0.05, 0.1) is 0 Å². The molecule has 17 heavy (non-hydrogen) atoms. The molecule has 0 aromatic carbocycles. The molecular weight excluding hydrogens is 246 g/mol. The summed E-state index contributed by atoms with van der Waals surface area (Å²) in [5, 5.41) is 11.5. The topological polar surface area (TPSA) is 79.5 Å². The number of halogens is 1. The zero-order valence-electron chi connectivity index (χ0n) is 9.57. The molecule has 1 heterocycles. The van der Waals surface area contributed by atoms with Gasteiger partial charge < -0.3 is 14.8 Å². The van der Waals surface area contributed by atoms with Crippen molar-refractivity contribution in [1.29, 1.82) is 0 Å². The van der Waals surface area contributed by atoms with Gasteiger partial charge in [0.1, 0.15) is 6.04 Å². The summed E-state index contributed by atoms with van der Waals surface area (Å²) in [6, 6.07) is 1.89. The van der Waals surface area contributed by atoms with Gasteiger partial charge in [-0.1, -0.05) is 20.3 Å². The number of amides is 1. The van der Waals surface area contributed by atoms with Crippen molar-refractivity contribution in [3.63, 3.8) is 0 Å². The summed E-state index contributed by atoms with van der Waals surface area (Å²) in [6.07, 6.45) is 0.649. The Bertz CT molecular complexity index is 415. The van der Waals surface area contributed by atoms with Crippen molar-refractivity contribution < 1.29 is 19.1 Å². The van der Waals surface area contributed by atoms with Crippen LogP contribution in [0.1, 0.15) is 30.8 Å². The van der Waals surface area contributed by atoms with E-state index in [0.717, 1.165) is 0 Å². The smallest absolute Gasteiger partial charge is 0.326 e. The second-order valence-corrected chi connectivity index (χ2v) is 4.15. The number of nitrogens with one attached hydrogen (secondary N) is 1. The minimum Gasteiger partial charge on any atom is -0.480 e. The summed E-state index contributed by atoms with van der Waals surface area (Å²) >= 11 is 5.53. The predicted molar refractivity (Wildman–Crippen MR) is 62.1 cm³/mol. The first-order valence-corrected chi connectivity index (χ1v) is 5.62. The normalized spacial score (nSPS) is 14.1. The van der Waals surface area contributed by atoms with Gasteiger partial charge in [0.25, 0.3) is 5.91 Å². The van der Waals surface area contributed by atoms with Crippen LogP contribution >= 0.6 is 11.6 Å². The maximum absolute atomic E-state index is 11.7. The van der Waals surface area contributed by atoms with Gasteiger partial charge in [0.2, 0.25) is 0 Å². The lowest BCUT2D eigenvalue weighted by molar-refractivity contribution is -0.140. The van der Waals surface area contributed by atoms with E-state index in [2.05, 4.69) is 5.32 Å². The van der Waals surface area contributed by atoms with E-state index < -0.39 is 17.9 Å². The first-order chi connectivity index (χ1) is 7.95. The van der Waals surface area contributed by atoms with Crippen LogP contribution in [0.15, 0.2) is 16.5 Å². The van der Waals surface area contributed by atoms with Crippen LogP contribution in [0.25, 0.3) is 0 Å². The molecule has 1 aromatic heterocycles. The minimum absolute atomic E-state index is 0.00422. The fourth-order valence-electron chi connectivity index (χ4n) is 1.33. The van der Waals surface area contributed by atoms with Gasteiger partial charge in [-0.15, -0.1) is 0 Å². The van der Waals surface area contributed by atoms with Crippen molar-refractivity contribution in [2.45, 2.75) is 26.3 Å². The number of carbonyl (C=O) groups is 2. The van der Waals surface area contributed by atoms with Crippen molar-refractivity contribution >= 4 is 23.5 Å². The van der Waals surface area contributed by atoms with E-state index in [4.69, 9.17) is 21.1 Å². The summed E-state index contributed by atoms with van der Waals surface area (Å²) in [4.78, 5) is 22.7. The van der Waals surface area contributed by atoms with E-state index >= 15 is 0 Å². The highest BCUT2D eigenvalue weighted by Crippen LogP contribution is 2.14. The van der Waals surface area contributed by atoms with E-state index in [1.165, 1.54) is 12.1 Å². The molecule has 1 aromatic rings. The van der Waals surface area contributed by atoms with Gasteiger partial charge in [0.15, 0.2) is 11.0 Å². The number of aliphatic carboxylic acids is 1. The van der Waals surface area contributed by atoms with Gasteiger partial charge in [-0.05, 0) is 29.7 Å². The summed E-state index contributed by atoms with van der Waals surface area (Å²) in [5.41, 5.74) is 0. The average Bonchev–Trinajstić information content (AvgIpc) is 2.71. The summed E-state index contributed by atoms with van der Waals surface area (Å²) in [6.45, 7) is 3.62. The van der Waals surface area contributed by atoms with Crippen LogP contribution in [0.5, 0.6) is 0 Å². The zero-order valence-corrected chi connectivity index (χ0v) is 10.3. The van der Waals surface area contributed by atoms with E-state index in [-0.39, 0.29) is 16.9 Å². The van der Waals surface area contributed by atoms with E-state index in [9.17, 15) is 9.59 Å². The monoisotopic (exact) mass is 259 g/mol. The number of furan rings is 1. The number of hydrogen-bond donors (Lipinski definition) is 2. The maximum Gasteiger partial charge on any atom is 0.326 e. The summed E-state index contributed by atoms with van der Waals surface area (Å²) < 4.78 is 4.90. The van der Waals surface area contributed by atoms with Crippen molar-refractivity contribution in [2.75, 3.05) is 0 Å². The van der Waals surface area contributed by atoms with Crippen molar-refractivity contribution in [3.8, 4) is 0 Å². The summed E-state index contributed by atoms with van der Waals surface area (Å²) in [5.74, 6) is -1.80. The first kappa shape index (κ1) is 13.6. The molecule has 94 valence electrons. The second-order valence-electron chi connectivity index (χ2n) is 3.78. The van der Waals surface area contributed by atoms with Gasteiger partial charge in [-0.3, -0.25) is 4.79 Å². The highest BCUT2D eigenvalue weighted by Gasteiger charge is 2.26. The Morgan fingerprint density at radius 1 is 1.53 bits per heavy atom. The molecule has 1 unspecified atom stereocenters. The standard InChI is InChI=1S/C11H14ClNO4/c1-3-6(2)9(11(15)16)13-10(14)7-4-5-8(12)17-7/h4-6,9H,3H2,1-2H3,(H,13,14)(H,15,16)/t6?,9-/m0/s1. The number of rotatable bonds is 5. The number of hydrogen-bond acceptors (Lipinski definition) is 3. The number of carboxylic acid groups (broad SMARTS) is 1. The van der Waals surface area contributed by atoms with Gasteiger partial charge in [-0.25, -0.2) is 4.79 Å². The molecule has 6 heteroatoms. The maximum atomic E-state index is 11.7. The molecule has 0 aliphatic rings. The Morgan fingerprint density at radius 2 is 2.18 bits per heavy atom. The SMILES string of the molecule is CCC(C)[C@H](NC(=O)c1ccc(Cl)o1)C(=O)O. The fourth-order valence-corrected chi connectivity index (χ4v) is 1.48. The van der Waals surface area contributed by atoms with Crippen LogP contribution in [-0.2, 0) is 4.79 Å². The summed E-state index contributed by atoms with van der Waals surface area (Å²) in [7, 11) is 0. The van der Waals surface area contributed by atoms with Crippen molar-refractivity contribution in [2.24, 2.45) is 5.92 Å². The molecule has 0 saturated heterocycles. The molecule has 0 saturated carbocycles. The molecular formula is C11H14ClNO4. The Kier molecular flexibility index (Phi) is 4.57. The van der Waals surface area contributed by atoms with Crippen LogP contribution < -0.4 is 5.32 Å². The Balaban J connectivity index is 2.74. The third kappa shape index (κ3) is 3.49. The second kappa shape index (κ2) is 5.72. The average molecular weight is 260 g/mol. The van der Waals surface area contributed by atoms with Crippen molar-refractivity contribution in [3.05, 3.63) is 23.1 Å². The lowest BCUT2D eigenvalue weighted by atomic mass is 9.99. The quantitative estimate of drug-likeness (QED) is 0.849. The first-order valence-electron chi connectivity index (χ1n) is 5.24. The Morgan fingerprint density at radius 3 is 2.59 bits per heavy atom. The van der Waals surface area contributed by atoms with Gasteiger partial charge in [0, 0.05) is 0 Å². The van der Waals surface area contributed by atoms with E-state index in [0.29, 0.717) is 6.42 Å². The molecule has 2 N–H and O–H groups in total. The predicted octanol–water partition coefficient (Wildman–Crippen LogP) is 2.16. The highest BCUT2D eigenvalue weighted by molar-refractivity contribution is 6.29. The minimum atomic E-state index is -1.06. The van der Waals surface area contributed by atoms with Crippen LogP contribution in [0.3, 0.4) is 0 Å². The third-order valence-electron chi connectivity index (χ3n) is 2.56. The van der Waals surface area contributed by atoms with Gasteiger partial charge >= 0.3 is 5.97 Å². The molecule has 0 radical (unpaired) electrons. The molecule has 0 bridgehead atoms. The molecule has 0 fully saturated rings. The van der Waals surface area contributed by atoms with Crippen LogP contribution in [0.4, 0.5) is 0 Å². The van der Waals surface area contributed by atoms with Crippen LogP contribution in [-0.4, -0.2) is 23.0 Å². The third-order valence-corrected chi connectivity index (χ3v) is 2.77. The Hall–Kier alpha value is -1.49. The number of carbonyl (C=O) groups excluding carboxylic acids is 1. The molecule has 0 spiro atoms. The highest BCUT2D eigenvalue weighted by atomic mass is 35.5. The van der Waals surface area contributed by atoms with Crippen LogP contribution in [0, 0.1) is 5.92 Å². The molecule has 1 rings (SSSR count). The van der Waals surface area contributed by atoms with E-state index in [1.807, 2.05) is 6.92 Å². The van der Waals surface area contributed by atoms with Crippen LogP contribution in [0.2, 0.25) is 5.22 Å². The Labute approximate surface area is 104 Å². The lowest BCUT2D eigenvalue weighted by Crippen LogP contribution is -2.44. The molecule has 0 aliphatic heterocycles.